The van der Waals surface area contributed by atoms with E-state index < -0.39 is 0 Å². The number of nitrogens with zero attached hydrogens (tertiary/aromatic N) is 1. The van der Waals surface area contributed by atoms with Crippen molar-refractivity contribution in [3.63, 3.8) is 0 Å². The third kappa shape index (κ3) is 3.19. The van der Waals surface area contributed by atoms with Gasteiger partial charge in [0, 0.05) is 24.8 Å². The summed E-state index contributed by atoms with van der Waals surface area (Å²) < 4.78 is 0. The van der Waals surface area contributed by atoms with Gasteiger partial charge in [0.05, 0.1) is 6.04 Å². The Bertz CT molecular complexity index is 556. The number of carbonyl (C=O) groups excluding carboxylic acids is 2. The standard InChI is InChI=1S/C15H19N3O2.ClH/c1-18-8-6-10-4-5-11(9-12(10)15(18)20)17-14(19)13-3-2-7-16-13;/h4-5,9,13,16H,2-3,6-8H2,1H3,(H,17,19);1H. The van der Waals surface area contributed by atoms with Gasteiger partial charge in [-0.15, -0.1) is 12.4 Å². The summed E-state index contributed by atoms with van der Waals surface area (Å²) in [4.78, 5) is 25.9. The van der Waals surface area contributed by atoms with Crippen LogP contribution in [0, 0.1) is 0 Å². The molecule has 2 N–H and O–H groups in total. The number of rotatable bonds is 2. The molecular weight excluding hydrogens is 290 g/mol. The number of carbonyl (C=O) groups is 2. The van der Waals surface area contributed by atoms with Crippen molar-refractivity contribution in [3.05, 3.63) is 29.3 Å². The number of fused-ring (bicyclic) bond motifs is 1. The average molecular weight is 310 g/mol. The maximum atomic E-state index is 12.1. The lowest BCUT2D eigenvalue weighted by Gasteiger charge is -2.25. The largest absolute Gasteiger partial charge is 0.341 e. The van der Waals surface area contributed by atoms with E-state index in [-0.39, 0.29) is 30.3 Å². The maximum absolute atomic E-state index is 12.1. The van der Waals surface area contributed by atoms with Gasteiger partial charge < -0.3 is 15.5 Å². The molecule has 0 spiro atoms. The second-order valence-electron chi connectivity index (χ2n) is 5.49. The zero-order chi connectivity index (χ0) is 14.1. The summed E-state index contributed by atoms with van der Waals surface area (Å²) in [6.07, 6.45) is 2.78. The van der Waals surface area contributed by atoms with E-state index in [2.05, 4.69) is 10.6 Å². The van der Waals surface area contributed by atoms with Crippen LogP contribution in [0.4, 0.5) is 5.69 Å². The second-order valence-corrected chi connectivity index (χ2v) is 5.49. The van der Waals surface area contributed by atoms with Gasteiger partial charge in [-0.05, 0) is 43.5 Å². The SMILES string of the molecule is CN1CCc2ccc(NC(=O)C3CCCN3)cc2C1=O.Cl. The van der Waals surface area contributed by atoms with Crippen molar-refractivity contribution < 1.29 is 9.59 Å². The van der Waals surface area contributed by atoms with E-state index in [0.717, 1.165) is 37.9 Å². The third-order valence-corrected chi connectivity index (χ3v) is 4.05. The summed E-state index contributed by atoms with van der Waals surface area (Å²) in [6, 6.07) is 5.51. The van der Waals surface area contributed by atoms with E-state index in [1.54, 1.807) is 18.0 Å². The Morgan fingerprint density at radius 3 is 2.95 bits per heavy atom. The van der Waals surface area contributed by atoms with Crippen LogP contribution in [-0.4, -0.2) is 42.9 Å². The Hall–Kier alpha value is -1.59. The van der Waals surface area contributed by atoms with Crippen molar-refractivity contribution in [2.24, 2.45) is 0 Å². The molecule has 2 heterocycles. The fourth-order valence-corrected chi connectivity index (χ4v) is 2.80. The molecule has 21 heavy (non-hydrogen) atoms. The minimum atomic E-state index is -0.107. The van der Waals surface area contributed by atoms with Crippen molar-refractivity contribution in [2.45, 2.75) is 25.3 Å². The van der Waals surface area contributed by atoms with E-state index in [1.807, 2.05) is 12.1 Å². The van der Waals surface area contributed by atoms with Gasteiger partial charge in [-0.25, -0.2) is 0 Å². The van der Waals surface area contributed by atoms with Crippen LogP contribution in [0.15, 0.2) is 18.2 Å². The predicted octanol–water partition coefficient (Wildman–Crippen LogP) is 1.43. The van der Waals surface area contributed by atoms with E-state index >= 15 is 0 Å². The summed E-state index contributed by atoms with van der Waals surface area (Å²) in [6.45, 7) is 1.65. The monoisotopic (exact) mass is 309 g/mol. The van der Waals surface area contributed by atoms with Crippen molar-refractivity contribution >= 4 is 29.9 Å². The molecule has 5 nitrogen and oxygen atoms in total. The van der Waals surface area contributed by atoms with Gasteiger partial charge in [0.25, 0.3) is 5.91 Å². The second kappa shape index (κ2) is 6.45. The average Bonchev–Trinajstić information content (AvgIpc) is 2.98. The Morgan fingerprint density at radius 2 is 2.24 bits per heavy atom. The molecule has 1 atom stereocenters. The molecular formula is C15H20ClN3O2. The van der Waals surface area contributed by atoms with E-state index in [9.17, 15) is 9.59 Å². The third-order valence-electron chi connectivity index (χ3n) is 4.05. The molecule has 1 unspecified atom stereocenters. The molecule has 2 aliphatic rings. The van der Waals surface area contributed by atoms with Gasteiger partial charge in [0.15, 0.2) is 0 Å². The van der Waals surface area contributed by atoms with Gasteiger partial charge in [-0.1, -0.05) is 6.07 Å². The Kier molecular flexibility index (Phi) is 4.85. The lowest BCUT2D eigenvalue weighted by molar-refractivity contribution is -0.117. The zero-order valence-corrected chi connectivity index (χ0v) is 12.8. The first-order valence-electron chi connectivity index (χ1n) is 7.08. The van der Waals surface area contributed by atoms with Crippen LogP contribution < -0.4 is 10.6 Å². The minimum absolute atomic E-state index is 0. The van der Waals surface area contributed by atoms with Crippen LogP contribution in [0.5, 0.6) is 0 Å². The normalized spacial score (nSPS) is 20.7. The van der Waals surface area contributed by atoms with Crippen LogP contribution in [0.25, 0.3) is 0 Å². The molecule has 0 saturated carbocycles. The molecule has 0 aromatic heterocycles. The van der Waals surface area contributed by atoms with Crippen molar-refractivity contribution in [1.29, 1.82) is 0 Å². The fourth-order valence-electron chi connectivity index (χ4n) is 2.80. The molecule has 0 aliphatic carbocycles. The van der Waals surface area contributed by atoms with Crippen LogP contribution in [-0.2, 0) is 11.2 Å². The van der Waals surface area contributed by atoms with Crippen LogP contribution in [0.3, 0.4) is 0 Å². The topological polar surface area (TPSA) is 61.4 Å². The number of hydrogen-bond donors (Lipinski definition) is 2. The van der Waals surface area contributed by atoms with Crippen LogP contribution in [0.1, 0.15) is 28.8 Å². The van der Waals surface area contributed by atoms with Crippen molar-refractivity contribution in [2.75, 3.05) is 25.5 Å². The summed E-state index contributed by atoms with van der Waals surface area (Å²) in [7, 11) is 1.80. The van der Waals surface area contributed by atoms with Crippen molar-refractivity contribution in [1.82, 2.24) is 10.2 Å². The Labute approximate surface area is 130 Å². The molecule has 3 rings (SSSR count). The molecule has 2 amide bonds. The summed E-state index contributed by atoms with van der Waals surface area (Å²) >= 11 is 0. The number of hydrogen-bond acceptors (Lipinski definition) is 3. The van der Waals surface area contributed by atoms with Crippen LogP contribution in [0.2, 0.25) is 0 Å². The van der Waals surface area contributed by atoms with E-state index in [4.69, 9.17) is 0 Å². The first-order chi connectivity index (χ1) is 9.65. The first kappa shape index (κ1) is 15.8. The van der Waals surface area contributed by atoms with Crippen LogP contribution >= 0.6 is 12.4 Å². The van der Waals surface area contributed by atoms with Gasteiger partial charge in [0.1, 0.15) is 0 Å². The molecule has 2 aliphatic heterocycles. The van der Waals surface area contributed by atoms with Gasteiger partial charge in [-0.3, -0.25) is 9.59 Å². The number of halogens is 1. The summed E-state index contributed by atoms with van der Waals surface area (Å²) in [5.74, 6) is 0.0143. The highest BCUT2D eigenvalue weighted by Crippen LogP contribution is 2.22. The van der Waals surface area contributed by atoms with E-state index in [0.29, 0.717) is 11.3 Å². The molecule has 114 valence electrons. The van der Waals surface area contributed by atoms with Gasteiger partial charge in [-0.2, -0.15) is 0 Å². The quantitative estimate of drug-likeness (QED) is 0.869. The molecule has 1 fully saturated rings. The van der Waals surface area contributed by atoms with Gasteiger partial charge >= 0.3 is 0 Å². The summed E-state index contributed by atoms with van der Waals surface area (Å²) in [5, 5.41) is 6.06. The number of anilines is 1. The first-order valence-corrected chi connectivity index (χ1v) is 7.08. The molecule has 6 heteroatoms. The lowest BCUT2D eigenvalue weighted by atomic mass is 9.98. The predicted molar refractivity (Wildman–Crippen MR) is 84.0 cm³/mol. The molecule has 1 aromatic carbocycles. The lowest BCUT2D eigenvalue weighted by Crippen LogP contribution is -2.36. The fraction of sp³-hybridized carbons (Fsp3) is 0.467. The van der Waals surface area contributed by atoms with Gasteiger partial charge in [0.2, 0.25) is 5.91 Å². The number of likely N-dealkylation sites (N-methyl/N-ethyl adjacent to an activating group) is 1. The highest BCUT2D eigenvalue weighted by Gasteiger charge is 2.24. The smallest absolute Gasteiger partial charge is 0.253 e. The highest BCUT2D eigenvalue weighted by atomic mass is 35.5. The molecule has 1 aromatic rings. The van der Waals surface area contributed by atoms with E-state index in [1.165, 1.54) is 0 Å². The Morgan fingerprint density at radius 1 is 1.43 bits per heavy atom. The molecule has 1 saturated heterocycles. The highest BCUT2D eigenvalue weighted by molar-refractivity contribution is 6.00. The van der Waals surface area contributed by atoms with Crippen molar-refractivity contribution in [3.8, 4) is 0 Å². The number of benzene rings is 1. The maximum Gasteiger partial charge on any atom is 0.253 e. The Balaban J connectivity index is 0.00000161. The zero-order valence-electron chi connectivity index (χ0n) is 12.0. The molecule has 0 radical (unpaired) electrons. The molecule has 0 bridgehead atoms. The number of amides is 2. The minimum Gasteiger partial charge on any atom is -0.341 e. The summed E-state index contributed by atoms with van der Waals surface area (Å²) in [5.41, 5.74) is 2.46. The number of nitrogens with one attached hydrogen (secondary N) is 2.